The fourth-order valence-electron chi connectivity index (χ4n) is 1.51. The number of anilines is 1. The Hall–Kier alpha value is -1.39. The van der Waals surface area contributed by atoms with Gasteiger partial charge in [-0.2, -0.15) is 17.5 Å². The van der Waals surface area contributed by atoms with Crippen molar-refractivity contribution in [2.45, 2.75) is 31.0 Å². The predicted octanol–water partition coefficient (Wildman–Crippen LogP) is 1.33. The van der Waals surface area contributed by atoms with Gasteiger partial charge in [-0.3, -0.25) is 0 Å². The predicted molar refractivity (Wildman–Crippen MR) is 67.1 cm³/mol. The second-order valence-corrected chi connectivity index (χ2v) is 6.17. The average molecular weight is 312 g/mol. The summed E-state index contributed by atoms with van der Waals surface area (Å²) >= 11 is 0. The quantitative estimate of drug-likeness (QED) is 0.632. The molecule has 6 nitrogen and oxygen atoms in total. The lowest BCUT2D eigenvalue weighted by atomic mass is 10.4. The molecule has 1 aromatic rings. The molecule has 0 aromatic carbocycles. The van der Waals surface area contributed by atoms with Gasteiger partial charge in [-0.05, 0) is 19.9 Å². The second kappa shape index (κ2) is 5.94. The summed E-state index contributed by atoms with van der Waals surface area (Å²) in [6, 6.07) is 1.34. The van der Waals surface area contributed by atoms with E-state index in [-0.39, 0.29) is 10.7 Å². The van der Waals surface area contributed by atoms with Gasteiger partial charge < -0.3 is 5.43 Å². The maximum Gasteiger partial charge on any atom is 0.402 e. The molecule has 0 radical (unpaired) electrons. The zero-order valence-corrected chi connectivity index (χ0v) is 11.7. The van der Waals surface area contributed by atoms with Crippen LogP contribution in [0.3, 0.4) is 0 Å². The third-order valence-electron chi connectivity index (χ3n) is 2.40. The number of nitrogens with zero attached hydrogens (tertiary/aromatic N) is 2. The number of halogens is 3. The number of hydrogen-bond acceptors (Lipinski definition) is 5. The van der Waals surface area contributed by atoms with Crippen LogP contribution in [0.1, 0.15) is 13.8 Å². The summed E-state index contributed by atoms with van der Waals surface area (Å²) in [5.41, 5.74) is 2.14. The molecule has 0 spiro atoms. The number of nitrogens with two attached hydrogens (primary N) is 1. The Morgan fingerprint density at radius 2 is 2.05 bits per heavy atom. The highest BCUT2D eigenvalue weighted by molar-refractivity contribution is 7.89. The van der Waals surface area contributed by atoms with Crippen molar-refractivity contribution in [3.63, 3.8) is 0 Å². The lowest BCUT2D eigenvalue weighted by Crippen LogP contribution is -2.43. The Morgan fingerprint density at radius 1 is 1.45 bits per heavy atom. The van der Waals surface area contributed by atoms with Crippen LogP contribution in [0.5, 0.6) is 0 Å². The van der Waals surface area contributed by atoms with E-state index in [1.165, 1.54) is 13.8 Å². The summed E-state index contributed by atoms with van der Waals surface area (Å²) in [4.78, 5) is 3.40. The van der Waals surface area contributed by atoms with Gasteiger partial charge in [0.25, 0.3) is 0 Å². The van der Waals surface area contributed by atoms with Gasteiger partial charge in [0.05, 0.1) is 4.90 Å². The standard InChI is InChI=1S/C10H15F3N4O2S/c1-7(2)17(6-10(11,12)13)20(18,19)8-3-4-15-9(5-8)16-14/h3-5,7H,6,14H2,1-2H3,(H,15,16). The topological polar surface area (TPSA) is 88.3 Å². The van der Waals surface area contributed by atoms with Gasteiger partial charge in [-0.15, -0.1) is 0 Å². The van der Waals surface area contributed by atoms with Crippen molar-refractivity contribution < 1.29 is 21.6 Å². The molecule has 10 heteroatoms. The molecule has 0 fully saturated rings. The van der Waals surface area contributed by atoms with E-state index in [2.05, 4.69) is 10.4 Å². The van der Waals surface area contributed by atoms with E-state index in [0.29, 0.717) is 4.31 Å². The van der Waals surface area contributed by atoms with Gasteiger partial charge in [0.15, 0.2) is 0 Å². The Kier molecular flexibility index (Phi) is 4.95. The molecule has 0 unspecified atom stereocenters. The summed E-state index contributed by atoms with van der Waals surface area (Å²) in [6.45, 7) is 1.18. The number of hydrogen-bond donors (Lipinski definition) is 2. The number of hydrazine groups is 1. The fraction of sp³-hybridized carbons (Fsp3) is 0.500. The monoisotopic (exact) mass is 312 g/mol. The lowest BCUT2D eigenvalue weighted by molar-refractivity contribution is -0.138. The van der Waals surface area contributed by atoms with E-state index in [9.17, 15) is 21.6 Å². The zero-order valence-electron chi connectivity index (χ0n) is 10.8. The normalized spacial score (nSPS) is 13.0. The smallest absolute Gasteiger partial charge is 0.308 e. The lowest BCUT2D eigenvalue weighted by Gasteiger charge is -2.26. The van der Waals surface area contributed by atoms with Gasteiger partial charge in [-0.25, -0.2) is 19.2 Å². The minimum absolute atomic E-state index is 0.0433. The Balaban J connectivity index is 3.22. The Bertz CT molecular complexity index is 560. The molecular weight excluding hydrogens is 297 g/mol. The van der Waals surface area contributed by atoms with Gasteiger partial charge >= 0.3 is 6.18 Å². The fourth-order valence-corrected chi connectivity index (χ4v) is 3.14. The molecule has 0 amide bonds. The number of nitrogens with one attached hydrogen (secondary N) is 1. The molecule has 3 N–H and O–H groups in total. The van der Waals surface area contributed by atoms with E-state index < -0.39 is 28.8 Å². The van der Waals surface area contributed by atoms with Crippen LogP contribution in [0, 0.1) is 0 Å². The van der Waals surface area contributed by atoms with Crippen LogP contribution >= 0.6 is 0 Å². The van der Waals surface area contributed by atoms with Crippen molar-refractivity contribution in [2.24, 2.45) is 5.84 Å². The summed E-state index contributed by atoms with van der Waals surface area (Å²) in [5.74, 6) is 5.14. The van der Waals surface area contributed by atoms with Gasteiger partial charge in [0.1, 0.15) is 12.4 Å². The highest BCUT2D eigenvalue weighted by Gasteiger charge is 2.38. The summed E-state index contributed by atoms with van der Waals surface area (Å²) in [6.07, 6.45) is -3.48. The molecule has 0 aliphatic heterocycles. The molecule has 1 rings (SSSR count). The van der Waals surface area contributed by atoms with Gasteiger partial charge in [0.2, 0.25) is 10.0 Å². The SMILES string of the molecule is CC(C)N(CC(F)(F)F)S(=O)(=O)c1ccnc(NN)c1. The van der Waals surface area contributed by atoms with Crippen LogP contribution in [0.4, 0.5) is 19.0 Å². The van der Waals surface area contributed by atoms with Crippen LogP contribution in [0.2, 0.25) is 0 Å². The first-order valence-electron chi connectivity index (χ1n) is 5.59. The number of pyridine rings is 1. The minimum atomic E-state index is -4.63. The van der Waals surface area contributed by atoms with Crippen LogP contribution in [-0.4, -0.2) is 36.5 Å². The van der Waals surface area contributed by atoms with E-state index in [4.69, 9.17) is 5.84 Å². The van der Waals surface area contributed by atoms with Crippen LogP contribution in [-0.2, 0) is 10.0 Å². The summed E-state index contributed by atoms with van der Waals surface area (Å²) < 4.78 is 62.4. The minimum Gasteiger partial charge on any atom is -0.308 e. The first kappa shape index (κ1) is 16.7. The van der Waals surface area contributed by atoms with E-state index >= 15 is 0 Å². The van der Waals surface area contributed by atoms with Crippen molar-refractivity contribution in [3.8, 4) is 0 Å². The molecule has 1 aromatic heterocycles. The molecule has 0 aliphatic carbocycles. The van der Waals surface area contributed by atoms with Crippen LogP contribution in [0.15, 0.2) is 23.2 Å². The molecule has 0 bridgehead atoms. The molecular formula is C10H15F3N4O2S. The third kappa shape index (κ3) is 4.05. The maximum atomic E-state index is 12.5. The number of rotatable bonds is 5. The molecule has 0 aliphatic rings. The van der Waals surface area contributed by atoms with Crippen molar-refractivity contribution in [3.05, 3.63) is 18.3 Å². The van der Waals surface area contributed by atoms with Crippen LogP contribution in [0.25, 0.3) is 0 Å². The highest BCUT2D eigenvalue weighted by Crippen LogP contribution is 2.25. The first-order chi connectivity index (χ1) is 9.08. The molecule has 0 atom stereocenters. The summed E-state index contributed by atoms with van der Waals surface area (Å²) in [7, 11) is -4.29. The summed E-state index contributed by atoms with van der Waals surface area (Å²) in [5, 5.41) is 0. The largest absolute Gasteiger partial charge is 0.402 e. The first-order valence-corrected chi connectivity index (χ1v) is 7.03. The average Bonchev–Trinajstić information content (AvgIpc) is 2.34. The number of aromatic nitrogens is 1. The highest BCUT2D eigenvalue weighted by atomic mass is 32.2. The van der Waals surface area contributed by atoms with Crippen molar-refractivity contribution in [1.82, 2.24) is 9.29 Å². The van der Waals surface area contributed by atoms with E-state index in [0.717, 1.165) is 18.3 Å². The third-order valence-corrected chi connectivity index (χ3v) is 4.41. The number of nitrogen functional groups attached to an aromatic ring is 1. The molecule has 114 valence electrons. The van der Waals surface area contributed by atoms with Crippen molar-refractivity contribution in [1.29, 1.82) is 0 Å². The van der Waals surface area contributed by atoms with Gasteiger partial charge in [-0.1, -0.05) is 0 Å². The van der Waals surface area contributed by atoms with E-state index in [1.807, 2.05) is 0 Å². The van der Waals surface area contributed by atoms with Crippen LogP contribution < -0.4 is 11.3 Å². The number of sulfonamides is 1. The second-order valence-electron chi connectivity index (χ2n) is 4.28. The van der Waals surface area contributed by atoms with E-state index in [1.54, 1.807) is 0 Å². The molecule has 0 saturated carbocycles. The Labute approximate surface area is 114 Å². The molecule has 1 heterocycles. The maximum absolute atomic E-state index is 12.5. The number of alkyl halides is 3. The molecule has 20 heavy (non-hydrogen) atoms. The molecule has 0 saturated heterocycles. The Morgan fingerprint density at radius 3 is 2.50 bits per heavy atom. The van der Waals surface area contributed by atoms with Gasteiger partial charge in [0, 0.05) is 18.3 Å². The van der Waals surface area contributed by atoms with Crippen molar-refractivity contribution in [2.75, 3.05) is 12.0 Å². The van der Waals surface area contributed by atoms with Crippen molar-refractivity contribution >= 4 is 15.8 Å². The zero-order chi connectivity index (χ0) is 15.6.